The minimum atomic E-state index is -3.67. The van der Waals surface area contributed by atoms with Gasteiger partial charge in [0.2, 0.25) is 0 Å². The Morgan fingerprint density at radius 1 is 1.41 bits per heavy atom. The summed E-state index contributed by atoms with van der Waals surface area (Å²) >= 11 is 5.73. The first-order valence-corrected chi connectivity index (χ1v) is 6.41. The van der Waals surface area contributed by atoms with Crippen molar-refractivity contribution in [1.29, 1.82) is 0 Å². The molecule has 0 saturated carbocycles. The van der Waals surface area contributed by atoms with Crippen LogP contribution in [0.4, 0.5) is 11.4 Å². The summed E-state index contributed by atoms with van der Waals surface area (Å²) in [6.07, 6.45) is 2.49. The van der Waals surface area contributed by atoms with Crippen molar-refractivity contribution in [3.05, 3.63) is 35.7 Å². The zero-order valence-corrected chi connectivity index (χ0v) is 10.1. The molecule has 1 heterocycles. The largest absolute Gasteiger partial charge is 0.397 e. The normalized spacial score (nSPS) is 11.4. The fraction of sp³-hybridized carbons (Fsp3) is 0. The van der Waals surface area contributed by atoms with Crippen molar-refractivity contribution in [2.24, 2.45) is 0 Å². The summed E-state index contributed by atoms with van der Waals surface area (Å²) < 4.78 is 26.0. The molecular weight excluding hydrogens is 264 g/mol. The van der Waals surface area contributed by atoms with E-state index in [-0.39, 0.29) is 5.03 Å². The van der Waals surface area contributed by atoms with Crippen molar-refractivity contribution < 1.29 is 8.42 Å². The Hall–Kier alpha value is -1.73. The number of aromatic amines is 1. The molecule has 0 saturated heterocycles. The highest BCUT2D eigenvalue weighted by Crippen LogP contribution is 2.23. The number of benzene rings is 1. The number of sulfonamides is 1. The van der Waals surface area contributed by atoms with Crippen LogP contribution < -0.4 is 10.5 Å². The Morgan fingerprint density at radius 3 is 2.76 bits per heavy atom. The summed E-state index contributed by atoms with van der Waals surface area (Å²) in [5.74, 6) is 0. The van der Waals surface area contributed by atoms with Gasteiger partial charge in [-0.2, -0.15) is 8.42 Å². The SMILES string of the molecule is Nc1cc(NS(=O)(=O)c2cnc[nH]2)ccc1Cl. The number of imidazole rings is 1. The topological polar surface area (TPSA) is 101 Å². The van der Waals surface area contributed by atoms with Crippen LogP contribution in [0.2, 0.25) is 5.02 Å². The van der Waals surface area contributed by atoms with E-state index in [0.29, 0.717) is 16.4 Å². The molecule has 2 aromatic rings. The third-order valence-corrected chi connectivity index (χ3v) is 3.66. The van der Waals surface area contributed by atoms with Crippen molar-refractivity contribution in [2.45, 2.75) is 5.03 Å². The maximum absolute atomic E-state index is 11.8. The van der Waals surface area contributed by atoms with Gasteiger partial charge in [-0.3, -0.25) is 4.72 Å². The van der Waals surface area contributed by atoms with E-state index >= 15 is 0 Å². The number of rotatable bonds is 3. The van der Waals surface area contributed by atoms with Crippen LogP contribution in [0.15, 0.2) is 35.7 Å². The van der Waals surface area contributed by atoms with E-state index in [2.05, 4.69) is 14.7 Å². The lowest BCUT2D eigenvalue weighted by atomic mass is 10.3. The molecule has 8 heteroatoms. The van der Waals surface area contributed by atoms with Crippen molar-refractivity contribution >= 4 is 33.0 Å². The molecule has 6 nitrogen and oxygen atoms in total. The van der Waals surface area contributed by atoms with Gasteiger partial charge < -0.3 is 10.7 Å². The molecule has 0 aliphatic heterocycles. The fourth-order valence-electron chi connectivity index (χ4n) is 1.21. The molecule has 4 N–H and O–H groups in total. The number of hydrogen-bond acceptors (Lipinski definition) is 4. The zero-order valence-electron chi connectivity index (χ0n) is 8.51. The number of nitrogen functional groups attached to an aromatic ring is 1. The van der Waals surface area contributed by atoms with Crippen LogP contribution in [0.5, 0.6) is 0 Å². The molecule has 0 unspecified atom stereocenters. The van der Waals surface area contributed by atoms with Crippen LogP contribution >= 0.6 is 11.6 Å². The van der Waals surface area contributed by atoms with Crippen LogP contribution in [0.1, 0.15) is 0 Å². The number of hydrogen-bond donors (Lipinski definition) is 3. The van der Waals surface area contributed by atoms with E-state index in [1.165, 1.54) is 30.7 Å². The number of nitrogens with two attached hydrogens (primary N) is 1. The second-order valence-electron chi connectivity index (χ2n) is 3.26. The first-order chi connectivity index (χ1) is 7.99. The van der Waals surface area contributed by atoms with Gasteiger partial charge in [0.15, 0.2) is 5.03 Å². The predicted molar refractivity (Wildman–Crippen MR) is 65.3 cm³/mol. The summed E-state index contributed by atoms with van der Waals surface area (Å²) in [6, 6.07) is 4.48. The number of H-pyrrole nitrogens is 1. The van der Waals surface area contributed by atoms with Crippen molar-refractivity contribution in [3.63, 3.8) is 0 Å². The first kappa shape index (κ1) is 11.7. The van der Waals surface area contributed by atoms with E-state index in [9.17, 15) is 8.42 Å². The van der Waals surface area contributed by atoms with Crippen LogP contribution in [0.3, 0.4) is 0 Å². The molecule has 2 rings (SSSR count). The number of halogens is 1. The highest BCUT2D eigenvalue weighted by molar-refractivity contribution is 7.92. The van der Waals surface area contributed by atoms with Crippen molar-refractivity contribution in [1.82, 2.24) is 9.97 Å². The fourth-order valence-corrected chi connectivity index (χ4v) is 2.28. The molecule has 0 aliphatic carbocycles. The molecule has 90 valence electrons. The minimum absolute atomic E-state index is 0.0222. The molecule has 0 atom stereocenters. The van der Waals surface area contributed by atoms with Gasteiger partial charge in [0.25, 0.3) is 10.0 Å². The molecule has 17 heavy (non-hydrogen) atoms. The molecule has 1 aromatic carbocycles. The van der Waals surface area contributed by atoms with Gasteiger partial charge in [0.05, 0.1) is 28.9 Å². The summed E-state index contributed by atoms with van der Waals surface area (Å²) in [7, 11) is -3.67. The van der Waals surface area contributed by atoms with Crippen molar-refractivity contribution in [3.8, 4) is 0 Å². The maximum atomic E-state index is 11.8. The molecule has 0 amide bonds. The lowest BCUT2D eigenvalue weighted by molar-refractivity contribution is 0.598. The van der Waals surface area contributed by atoms with Gasteiger partial charge in [-0.05, 0) is 18.2 Å². The summed E-state index contributed by atoms with van der Waals surface area (Å²) in [5.41, 5.74) is 6.21. The Bertz CT molecular complexity index is 624. The summed E-state index contributed by atoms with van der Waals surface area (Å²) in [6.45, 7) is 0. The van der Waals surface area contributed by atoms with Gasteiger partial charge in [0, 0.05) is 0 Å². The molecule has 0 aliphatic rings. The summed E-state index contributed by atoms with van der Waals surface area (Å²) in [4.78, 5) is 6.15. The Labute approximate surface area is 103 Å². The van der Waals surface area contributed by atoms with Crippen LogP contribution in [-0.2, 0) is 10.0 Å². The Balaban J connectivity index is 2.30. The second kappa shape index (κ2) is 4.27. The highest BCUT2D eigenvalue weighted by Gasteiger charge is 2.15. The highest BCUT2D eigenvalue weighted by atomic mass is 35.5. The second-order valence-corrected chi connectivity index (χ2v) is 5.32. The van der Waals surface area contributed by atoms with Gasteiger partial charge in [-0.1, -0.05) is 11.6 Å². The van der Waals surface area contributed by atoms with E-state index in [4.69, 9.17) is 17.3 Å². The minimum Gasteiger partial charge on any atom is -0.397 e. The Morgan fingerprint density at radius 2 is 2.18 bits per heavy atom. The number of anilines is 2. The van der Waals surface area contributed by atoms with Crippen LogP contribution in [0, 0.1) is 0 Å². The molecule has 0 spiro atoms. The molecule has 0 radical (unpaired) electrons. The first-order valence-electron chi connectivity index (χ1n) is 4.55. The number of nitrogens with one attached hydrogen (secondary N) is 2. The average molecular weight is 273 g/mol. The van der Waals surface area contributed by atoms with Gasteiger partial charge >= 0.3 is 0 Å². The standard InChI is InChI=1S/C9H9ClN4O2S/c10-7-2-1-6(3-8(7)11)14-17(15,16)9-4-12-5-13-9/h1-5,14H,11H2,(H,12,13). The third-order valence-electron chi connectivity index (χ3n) is 2.01. The number of aromatic nitrogens is 2. The van der Waals surface area contributed by atoms with Gasteiger partial charge in [-0.15, -0.1) is 0 Å². The van der Waals surface area contributed by atoms with E-state index in [0.717, 1.165) is 0 Å². The van der Waals surface area contributed by atoms with Crippen LogP contribution in [0.25, 0.3) is 0 Å². The quantitative estimate of drug-likeness (QED) is 0.736. The van der Waals surface area contributed by atoms with Gasteiger partial charge in [-0.25, -0.2) is 4.98 Å². The third kappa shape index (κ3) is 2.51. The molecule has 0 fully saturated rings. The monoisotopic (exact) mass is 272 g/mol. The Kier molecular flexibility index (Phi) is 2.95. The smallest absolute Gasteiger partial charge is 0.278 e. The van der Waals surface area contributed by atoms with Crippen LogP contribution in [-0.4, -0.2) is 18.4 Å². The average Bonchev–Trinajstić information content (AvgIpc) is 2.77. The number of nitrogens with zero attached hydrogens (tertiary/aromatic N) is 1. The molecule has 1 aromatic heterocycles. The van der Waals surface area contributed by atoms with Gasteiger partial charge in [0.1, 0.15) is 0 Å². The van der Waals surface area contributed by atoms with E-state index in [1.54, 1.807) is 0 Å². The molecular formula is C9H9ClN4O2S. The van der Waals surface area contributed by atoms with E-state index in [1.807, 2.05) is 0 Å². The lowest BCUT2D eigenvalue weighted by Crippen LogP contribution is -2.13. The zero-order chi connectivity index (χ0) is 12.5. The summed E-state index contributed by atoms with van der Waals surface area (Å²) in [5, 5.41) is 0.348. The van der Waals surface area contributed by atoms with E-state index < -0.39 is 10.0 Å². The van der Waals surface area contributed by atoms with Crippen molar-refractivity contribution in [2.75, 3.05) is 10.5 Å². The lowest BCUT2D eigenvalue weighted by Gasteiger charge is -2.07. The predicted octanol–water partition coefficient (Wildman–Crippen LogP) is 1.45. The maximum Gasteiger partial charge on any atom is 0.278 e. The molecule has 0 bridgehead atoms.